The minimum absolute atomic E-state index is 0.219. The minimum Gasteiger partial charge on any atom is -0.322 e. The van der Waals surface area contributed by atoms with Crippen LogP contribution in [0.1, 0.15) is 15.9 Å². The van der Waals surface area contributed by atoms with Gasteiger partial charge in [-0.25, -0.2) is 9.97 Å². The topological polar surface area (TPSA) is 54.9 Å². The number of aryl methyl sites for hydroxylation is 1. The van der Waals surface area contributed by atoms with Gasteiger partial charge in [-0.1, -0.05) is 53.5 Å². The summed E-state index contributed by atoms with van der Waals surface area (Å²) in [6.07, 6.45) is 0. The molecule has 1 amide bonds. The van der Waals surface area contributed by atoms with Gasteiger partial charge in [-0.15, -0.1) is 11.3 Å². The highest BCUT2D eigenvalue weighted by atomic mass is 35.5. The number of benzene rings is 4. The first-order valence-corrected chi connectivity index (χ1v) is 13.2. The van der Waals surface area contributed by atoms with Crippen molar-refractivity contribution in [2.24, 2.45) is 0 Å². The van der Waals surface area contributed by atoms with Crippen LogP contribution in [0.3, 0.4) is 0 Å². The number of hydrogen-bond acceptors (Lipinski definition) is 4. The first-order valence-electron chi connectivity index (χ1n) is 11.6. The van der Waals surface area contributed by atoms with E-state index in [0.29, 0.717) is 27.0 Å². The van der Waals surface area contributed by atoms with Gasteiger partial charge in [0.25, 0.3) is 5.91 Å². The second kappa shape index (κ2) is 9.60. The van der Waals surface area contributed by atoms with Crippen LogP contribution in [0.4, 0.5) is 5.69 Å². The summed E-state index contributed by atoms with van der Waals surface area (Å²) in [6.45, 7) is 2.08. The summed E-state index contributed by atoms with van der Waals surface area (Å²) in [7, 11) is 0. The van der Waals surface area contributed by atoms with E-state index in [1.54, 1.807) is 29.5 Å². The van der Waals surface area contributed by atoms with Crippen LogP contribution in [0.25, 0.3) is 42.9 Å². The Bertz CT molecular complexity index is 1810. The number of amides is 1. The molecule has 0 bridgehead atoms. The third-order valence-electron chi connectivity index (χ3n) is 6.11. The molecule has 0 spiro atoms. The van der Waals surface area contributed by atoms with E-state index in [-0.39, 0.29) is 5.91 Å². The first-order chi connectivity index (χ1) is 17.9. The van der Waals surface area contributed by atoms with Gasteiger partial charge in [0.05, 0.1) is 37.0 Å². The lowest BCUT2D eigenvalue weighted by atomic mass is 10.0. The molecule has 6 rings (SSSR count). The fourth-order valence-electron chi connectivity index (χ4n) is 4.22. The number of rotatable bonds is 4. The minimum atomic E-state index is -0.219. The van der Waals surface area contributed by atoms with Crippen molar-refractivity contribution in [3.8, 4) is 21.8 Å². The van der Waals surface area contributed by atoms with Gasteiger partial charge in [-0.05, 0) is 73.2 Å². The van der Waals surface area contributed by atoms with Crippen molar-refractivity contribution < 1.29 is 4.79 Å². The van der Waals surface area contributed by atoms with Crippen molar-refractivity contribution in [3.05, 3.63) is 112 Å². The standard InChI is InChI=1S/C30H19Cl2N3OS/c1-17-6-13-26-28(14-17)37-30(35-26)18-7-10-20(11-8-18)33-29(36)22-16-27(19-9-12-23(31)24(32)15-19)34-25-5-3-2-4-21(22)25/h2-16H,1H3,(H,33,36). The normalized spacial score (nSPS) is 11.2. The molecule has 0 aliphatic heterocycles. The Kier molecular flexibility index (Phi) is 6.13. The molecule has 0 unspecified atom stereocenters. The molecule has 2 aromatic heterocycles. The number of thiazole rings is 1. The van der Waals surface area contributed by atoms with Gasteiger partial charge in [-0.3, -0.25) is 4.79 Å². The highest BCUT2D eigenvalue weighted by Crippen LogP contribution is 2.32. The second-order valence-electron chi connectivity index (χ2n) is 8.72. The Labute approximate surface area is 227 Å². The Balaban J connectivity index is 1.31. The molecule has 4 nitrogen and oxygen atoms in total. The molecule has 2 heterocycles. The smallest absolute Gasteiger partial charge is 0.256 e. The molecule has 1 N–H and O–H groups in total. The van der Waals surface area contributed by atoms with E-state index in [2.05, 4.69) is 24.4 Å². The number of aromatic nitrogens is 2. The highest BCUT2D eigenvalue weighted by molar-refractivity contribution is 7.21. The summed E-state index contributed by atoms with van der Waals surface area (Å²) in [6, 6.07) is 28.7. The predicted molar refractivity (Wildman–Crippen MR) is 155 cm³/mol. The average Bonchev–Trinajstić information content (AvgIpc) is 3.33. The molecule has 37 heavy (non-hydrogen) atoms. The van der Waals surface area contributed by atoms with Gasteiger partial charge >= 0.3 is 0 Å². The van der Waals surface area contributed by atoms with Crippen LogP contribution < -0.4 is 5.32 Å². The van der Waals surface area contributed by atoms with Crippen molar-refractivity contribution in [1.29, 1.82) is 0 Å². The fraction of sp³-hybridized carbons (Fsp3) is 0.0333. The van der Waals surface area contributed by atoms with Crippen molar-refractivity contribution in [2.75, 3.05) is 5.32 Å². The number of halogens is 2. The molecule has 0 saturated heterocycles. The molecule has 0 fully saturated rings. The Hall–Kier alpha value is -3.77. The largest absolute Gasteiger partial charge is 0.322 e. The molecular formula is C30H19Cl2N3OS. The number of hydrogen-bond donors (Lipinski definition) is 1. The van der Waals surface area contributed by atoms with Crippen LogP contribution in [0, 0.1) is 6.92 Å². The van der Waals surface area contributed by atoms with Crippen molar-refractivity contribution in [1.82, 2.24) is 9.97 Å². The molecule has 4 aromatic carbocycles. The number of carbonyl (C=O) groups is 1. The summed E-state index contributed by atoms with van der Waals surface area (Å²) in [5.74, 6) is -0.219. The number of carbonyl (C=O) groups excluding carboxylic acids is 1. The lowest BCUT2D eigenvalue weighted by Crippen LogP contribution is -2.13. The lowest BCUT2D eigenvalue weighted by Gasteiger charge is -2.11. The average molecular weight is 540 g/mol. The molecule has 0 aliphatic rings. The second-order valence-corrected chi connectivity index (χ2v) is 10.6. The van der Waals surface area contributed by atoms with Gasteiger partial charge < -0.3 is 5.32 Å². The Morgan fingerprint density at radius 2 is 1.57 bits per heavy atom. The van der Waals surface area contributed by atoms with E-state index in [1.165, 1.54) is 5.56 Å². The number of anilines is 1. The zero-order valence-corrected chi connectivity index (χ0v) is 22.0. The number of nitrogens with zero attached hydrogens (tertiary/aromatic N) is 2. The van der Waals surface area contributed by atoms with Crippen molar-refractivity contribution >= 4 is 67.3 Å². The maximum absolute atomic E-state index is 13.4. The molecule has 7 heteroatoms. The highest BCUT2D eigenvalue weighted by Gasteiger charge is 2.15. The zero-order chi connectivity index (χ0) is 25.5. The van der Waals surface area contributed by atoms with Gasteiger partial charge in [0.1, 0.15) is 5.01 Å². The molecule has 0 radical (unpaired) electrons. The molecule has 0 aliphatic carbocycles. The Morgan fingerprint density at radius 1 is 0.784 bits per heavy atom. The van der Waals surface area contributed by atoms with Crippen LogP contribution in [0.2, 0.25) is 10.0 Å². The number of para-hydroxylation sites is 1. The molecule has 6 aromatic rings. The molecule has 0 saturated carbocycles. The first kappa shape index (κ1) is 23.6. The number of nitrogens with one attached hydrogen (secondary N) is 1. The van der Waals surface area contributed by atoms with E-state index >= 15 is 0 Å². The van der Waals surface area contributed by atoms with Crippen LogP contribution in [-0.2, 0) is 0 Å². The van der Waals surface area contributed by atoms with E-state index in [1.807, 2.05) is 60.7 Å². The van der Waals surface area contributed by atoms with E-state index < -0.39 is 0 Å². The van der Waals surface area contributed by atoms with Crippen LogP contribution in [-0.4, -0.2) is 15.9 Å². The third-order valence-corrected chi connectivity index (χ3v) is 7.92. The van der Waals surface area contributed by atoms with E-state index in [4.69, 9.17) is 33.2 Å². The SMILES string of the molecule is Cc1ccc2nc(-c3ccc(NC(=O)c4cc(-c5ccc(Cl)c(Cl)c5)nc5ccccc45)cc3)sc2c1. The summed E-state index contributed by atoms with van der Waals surface area (Å²) in [5.41, 5.74) is 6.58. The zero-order valence-electron chi connectivity index (χ0n) is 19.6. The van der Waals surface area contributed by atoms with E-state index in [0.717, 1.165) is 37.3 Å². The quantitative estimate of drug-likeness (QED) is 0.243. The summed E-state index contributed by atoms with van der Waals surface area (Å²) >= 11 is 14.0. The van der Waals surface area contributed by atoms with Gasteiger partial charge in [0, 0.05) is 22.2 Å². The summed E-state index contributed by atoms with van der Waals surface area (Å²) < 4.78 is 1.16. The van der Waals surface area contributed by atoms with Crippen LogP contribution in [0.5, 0.6) is 0 Å². The van der Waals surface area contributed by atoms with Crippen molar-refractivity contribution in [2.45, 2.75) is 6.92 Å². The molecular weight excluding hydrogens is 521 g/mol. The van der Waals surface area contributed by atoms with E-state index in [9.17, 15) is 4.79 Å². The monoisotopic (exact) mass is 539 g/mol. The van der Waals surface area contributed by atoms with Gasteiger partial charge in [-0.2, -0.15) is 0 Å². The van der Waals surface area contributed by atoms with Gasteiger partial charge in [0.2, 0.25) is 0 Å². The maximum atomic E-state index is 13.4. The molecule has 0 atom stereocenters. The number of pyridine rings is 1. The lowest BCUT2D eigenvalue weighted by molar-refractivity contribution is 0.102. The fourth-order valence-corrected chi connectivity index (χ4v) is 5.58. The Morgan fingerprint density at radius 3 is 2.38 bits per heavy atom. The summed E-state index contributed by atoms with van der Waals surface area (Å²) in [5, 5.41) is 5.65. The summed E-state index contributed by atoms with van der Waals surface area (Å²) in [4.78, 5) is 22.9. The maximum Gasteiger partial charge on any atom is 0.256 e. The van der Waals surface area contributed by atoms with Gasteiger partial charge in [0.15, 0.2) is 0 Å². The third kappa shape index (κ3) is 4.69. The molecule has 180 valence electrons. The van der Waals surface area contributed by atoms with Crippen molar-refractivity contribution in [3.63, 3.8) is 0 Å². The van der Waals surface area contributed by atoms with Crippen LogP contribution >= 0.6 is 34.5 Å². The predicted octanol–water partition coefficient (Wildman–Crippen LogP) is 9.05. The van der Waals surface area contributed by atoms with Crippen LogP contribution in [0.15, 0.2) is 91.0 Å². The number of fused-ring (bicyclic) bond motifs is 2.